The number of nitrogens with one attached hydrogen (secondary N) is 1. The maximum Gasteiger partial charge on any atom is 0.230 e. The maximum atomic E-state index is 12.8. The van der Waals surface area contributed by atoms with Gasteiger partial charge in [-0.1, -0.05) is 24.6 Å². The van der Waals surface area contributed by atoms with Crippen molar-refractivity contribution in [3.8, 4) is 0 Å². The van der Waals surface area contributed by atoms with Gasteiger partial charge in [-0.15, -0.1) is 0 Å². The lowest BCUT2D eigenvalue weighted by molar-refractivity contribution is -0.134. The Morgan fingerprint density at radius 3 is 2.78 bits per heavy atom. The summed E-state index contributed by atoms with van der Waals surface area (Å²) in [4.78, 5) is 28.9. The lowest BCUT2D eigenvalue weighted by atomic mass is 9.89. The number of anilines is 1. The van der Waals surface area contributed by atoms with Gasteiger partial charge in [-0.05, 0) is 37.6 Å². The second kappa shape index (κ2) is 7.13. The SMILES string of the molecule is CN(CCN1CCCCC1)C(=O)[C@@H]1CC(=O)Nc2ccccc21. The van der Waals surface area contributed by atoms with E-state index in [0.717, 1.165) is 37.4 Å². The lowest BCUT2D eigenvalue weighted by Gasteiger charge is -2.31. The van der Waals surface area contributed by atoms with Crippen molar-refractivity contribution in [2.75, 3.05) is 38.5 Å². The summed E-state index contributed by atoms with van der Waals surface area (Å²) in [6.07, 6.45) is 4.07. The Bertz CT molecular complexity index is 581. The normalized spacial score (nSPS) is 21.4. The molecular formula is C18H25N3O2. The monoisotopic (exact) mass is 315 g/mol. The fraction of sp³-hybridized carbons (Fsp3) is 0.556. The summed E-state index contributed by atoms with van der Waals surface area (Å²) < 4.78 is 0. The highest BCUT2D eigenvalue weighted by Gasteiger charge is 2.32. The van der Waals surface area contributed by atoms with E-state index in [1.165, 1.54) is 19.3 Å². The van der Waals surface area contributed by atoms with Crippen molar-refractivity contribution < 1.29 is 9.59 Å². The van der Waals surface area contributed by atoms with E-state index >= 15 is 0 Å². The fourth-order valence-electron chi connectivity index (χ4n) is 3.48. The molecule has 1 atom stereocenters. The third-order valence-electron chi connectivity index (χ3n) is 4.87. The molecule has 3 rings (SSSR count). The molecule has 1 saturated heterocycles. The van der Waals surface area contributed by atoms with Crippen LogP contribution in [0.25, 0.3) is 0 Å². The number of likely N-dealkylation sites (N-methyl/N-ethyl adjacent to an activating group) is 1. The average Bonchev–Trinajstić information content (AvgIpc) is 2.59. The quantitative estimate of drug-likeness (QED) is 0.925. The zero-order valence-electron chi connectivity index (χ0n) is 13.8. The van der Waals surface area contributed by atoms with Crippen molar-refractivity contribution in [2.45, 2.75) is 31.6 Å². The average molecular weight is 315 g/mol. The number of fused-ring (bicyclic) bond motifs is 1. The molecule has 23 heavy (non-hydrogen) atoms. The molecule has 2 aliphatic rings. The Morgan fingerprint density at radius 1 is 1.26 bits per heavy atom. The molecule has 1 aromatic carbocycles. The smallest absolute Gasteiger partial charge is 0.230 e. The number of amides is 2. The van der Waals surface area contributed by atoms with Gasteiger partial charge in [-0.25, -0.2) is 0 Å². The molecule has 0 aromatic heterocycles. The molecule has 0 aliphatic carbocycles. The number of benzene rings is 1. The highest BCUT2D eigenvalue weighted by atomic mass is 16.2. The van der Waals surface area contributed by atoms with E-state index in [2.05, 4.69) is 10.2 Å². The molecule has 0 radical (unpaired) electrons. The second-order valence-corrected chi connectivity index (χ2v) is 6.55. The number of piperidine rings is 1. The number of carbonyl (C=O) groups is 2. The minimum Gasteiger partial charge on any atom is -0.344 e. The molecule has 5 heteroatoms. The van der Waals surface area contributed by atoms with Crippen LogP contribution in [0.3, 0.4) is 0 Å². The van der Waals surface area contributed by atoms with E-state index in [1.54, 1.807) is 4.90 Å². The first-order chi connectivity index (χ1) is 11.1. The topological polar surface area (TPSA) is 52.7 Å². The molecule has 0 unspecified atom stereocenters. The molecule has 124 valence electrons. The van der Waals surface area contributed by atoms with Gasteiger partial charge in [0.1, 0.15) is 0 Å². The van der Waals surface area contributed by atoms with E-state index in [9.17, 15) is 9.59 Å². The van der Waals surface area contributed by atoms with E-state index < -0.39 is 0 Å². The molecule has 2 amide bonds. The van der Waals surface area contributed by atoms with Crippen LogP contribution in [-0.2, 0) is 9.59 Å². The van der Waals surface area contributed by atoms with E-state index in [4.69, 9.17) is 0 Å². The fourth-order valence-corrected chi connectivity index (χ4v) is 3.48. The molecule has 1 aromatic rings. The van der Waals surface area contributed by atoms with E-state index in [0.29, 0.717) is 0 Å². The maximum absolute atomic E-state index is 12.8. The third-order valence-corrected chi connectivity index (χ3v) is 4.87. The summed E-state index contributed by atoms with van der Waals surface area (Å²) in [5, 5.41) is 2.85. The molecule has 2 aliphatic heterocycles. The Morgan fingerprint density at radius 2 is 2.00 bits per heavy atom. The number of para-hydroxylation sites is 1. The Hall–Kier alpha value is -1.88. The van der Waals surface area contributed by atoms with Crippen LogP contribution in [0.2, 0.25) is 0 Å². The van der Waals surface area contributed by atoms with Crippen LogP contribution in [0.1, 0.15) is 37.2 Å². The zero-order valence-corrected chi connectivity index (χ0v) is 13.8. The summed E-state index contributed by atoms with van der Waals surface area (Å²) in [5.41, 5.74) is 1.70. The molecule has 1 N–H and O–H groups in total. The number of hydrogen-bond donors (Lipinski definition) is 1. The molecule has 2 heterocycles. The Balaban J connectivity index is 1.63. The van der Waals surface area contributed by atoms with Gasteiger partial charge in [-0.2, -0.15) is 0 Å². The van der Waals surface area contributed by atoms with Crippen LogP contribution in [-0.4, -0.2) is 54.8 Å². The van der Waals surface area contributed by atoms with Crippen LogP contribution in [0.15, 0.2) is 24.3 Å². The predicted molar refractivity (Wildman–Crippen MR) is 90.4 cm³/mol. The van der Waals surface area contributed by atoms with Crippen molar-refractivity contribution in [3.05, 3.63) is 29.8 Å². The van der Waals surface area contributed by atoms with Gasteiger partial charge >= 0.3 is 0 Å². The zero-order chi connectivity index (χ0) is 16.2. The van der Waals surface area contributed by atoms with Gasteiger partial charge < -0.3 is 15.1 Å². The largest absolute Gasteiger partial charge is 0.344 e. The number of nitrogens with zero attached hydrogens (tertiary/aromatic N) is 2. The van der Waals surface area contributed by atoms with Crippen molar-refractivity contribution in [3.63, 3.8) is 0 Å². The Labute approximate surface area is 137 Å². The molecular weight excluding hydrogens is 290 g/mol. The molecule has 5 nitrogen and oxygen atoms in total. The van der Waals surface area contributed by atoms with E-state index in [-0.39, 0.29) is 24.2 Å². The highest BCUT2D eigenvalue weighted by Crippen LogP contribution is 2.33. The van der Waals surface area contributed by atoms with Gasteiger partial charge in [0.15, 0.2) is 0 Å². The number of carbonyl (C=O) groups excluding carboxylic acids is 2. The first-order valence-electron chi connectivity index (χ1n) is 8.51. The number of hydrogen-bond acceptors (Lipinski definition) is 3. The summed E-state index contributed by atoms with van der Waals surface area (Å²) in [6.45, 7) is 3.91. The summed E-state index contributed by atoms with van der Waals surface area (Å²) in [5.74, 6) is -0.387. The van der Waals surface area contributed by atoms with Crippen LogP contribution in [0, 0.1) is 0 Å². The van der Waals surface area contributed by atoms with Gasteiger partial charge in [0.2, 0.25) is 11.8 Å². The van der Waals surface area contributed by atoms with Gasteiger partial charge in [0.25, 0.3) is 0 Å². The number of rotatable bonds is 4. The molecule has 0 saturated carbocycles. The summed E-state index contributed by atoms with van der Waals surface area (Å²) in [7, 11) is 1.85. The van der Waals surface area contributed by atoms with E-state index in [1.807, 2.05) is 31.3 Å². The van der Waals surface area contributed by atoms with Crippen molar-refractivity contribution in [2.24, 2.45) is 0 Å². The van der Waals surface area contributed by atoms with Gasteiger partial charge in [0.05, 0.1) is 5.92 Å². The van der Waals surface area contributed by atoms with Crippen molar-refractivity contribution >= 4 is 17.5 Å². The van der Waals surface area contributed by atoms with Gasteiger partial charge in [0, 0.05) is 32.2 Å². The first kappa shape index (κ1) is 16.0. The minimum absolute atomic E-state index is 0.0457. The number of likely N-dealkylation sites (tertiary alicyclic amines) is 1. The highest BCUT2D eigenvalue weighted by molar-refractivity contribution is 6.01. The molecule has 1 fully saturated rings. The van der Waals surface area contributed by atoms with Crippen LogP contribution >= 0.6 is 0 Å². The lowest BCUT2D eigenvalue weighted by Crippen LogP contribution is -2.41. The third kappa shape index (κ3) is 3.72. The summed E-state index contributed by atoms with van der Waals surface area (Å²) >= 11 is 0. The van der Waals surface area contributed by atoms with Crippen molar-refractivity contribution in [1.29, 1.82) is 0 Å². The minimum atomic E-state index is -0.355. The molecule has 0 bridgehead atoms. The van der Waals surface area contributed by atoms with Crippen LogP contribution < -0.4 is 5.32 Å². The molecule has 0 spiro atoms. The van der Waals surface area contributed by atoms with Crippen LogP contribution in [0.4, 0.5) is 5.69 Å². The predicted octanol–water partition coefficient (Wildman–Crippen LogP) is 2.06. The van der Waals surface area contributed by atoms with Crippen LogP contribution in [0.5, 0.6) is 0 Å². The summed E-state index contributed by atoms with van der Waals surface area (Å²) in [6, 6.07) is 7.60. The standard InChI is InChI=1S/C18H25N3O2/c1-20(11-12-21-9-5-2-6-10-21)18(23)15-13-17(22)19-16-8-4-3-7-14(15)16/h3-4,7-8,15H,2,5-6,9-13H2,1H3,(H,19,22)/t15-/m1/s1. The first-order valence-corrected chi connectivity index (χ1v) is 8.51. The second-order valence-electron chi connectivity index (χ2n) is 6.55. The van der Waals surface area contributed by atoms with Crippen molar-refractivity contribution in [1.82, 2.24) is 9.80 Å². The van der Waals surface area contributed by atoms with Gasteiger partial charge in [-0.3, -0.25) is 9.59 Å². The Kier molecular flexibility index (Phi) is 4.96.